The van der Waals surface area contributed by atoms with Crippen LogP contribution in [-0.2, 0) is 17.9 Å². The lowest BCUT2D eigenvalue weighted by Gasteiger charge is -2.23. The van der Waals surface area contributed by atoms with E-state index in [1.54, 1.807) is 54.6 Å². The molecule has 3 rings (SSSR count). The van der Waals surface area contributed by atoms with Crippen LogP contribution in [0.1, 0.15) is 11.1 Å². The maximum absolute atomic E-state index is 13.6. The van der Waals surface area contributed by atoms with E-state index in [1.165, 1.54) is 12.1 Å². The van der Waals surface area contributed by atoms with Gasteiger partial charge >= 0.3 is 0 Å². The topological polar surface area (TPSA) is 61.8 Å². The van der Waals surface area contributed by atoms with Crippen molar-refractivity contribution in [1.82, 2.24) is 10.2 Å². The molecule has 1 unspecified atom stereocenters. The molecule has 6 heteroatoms. The monoisotopic (exact) mass is 368 g/mol. The first-order chi connectivity index (χ1) is 13.0. The first-order valence-corrected chi connectivity index (χ1v) is 8.56. The van der Waals surface area contributed by atoms with Crippen LogP contribution in [0.15, 0.2) is 72.5 Å². The van der Waals surface area contributed by atoms with Crippen LogP contribution in [0.3, 0.4) is 0 Å². The quantitative estimate of drug-likeness (QED) is 0.823. The van der Waals surface area contributed by atoms with Gasteiger partial charge < -0.3 is 20.1 Å². The maximum Gasteiger partial charge on any atom is 0.251 e. The molecule has 2 N–H and O–H groups in total. The molecule has 1 atom stereocenters. The molecule has 0 saturated heterocycles. The van der Waals surface area contributed by atoms with E-state index >= 15 is 0 Å². The highest BCUT2D eigenvalue weighted by molar-refractivity contribution is 5.96. The van der Waals surface area contributed by atoms with Crippen molar-refractivity contribution in [2.45, 2.75) is 19.4 Å². The van der Waals surface area contributed by atoms with E-state index < -0.39 is 6.23 Å². The second-order valence-corrected chi connectivity index (χ2v) is 6.22. The Morgan fingerprint density at radius 1 is 1.22 bits per heavy atom. The Morgan fingerprint density at radius 2 is 1.96 bits per heavy atom. The minimum atomic E-state index is -0.804. The van der Waals surface area contributed by atoms with Crippen LogP contribution >= 0.6 is 0 Å². The predicted molar refractivity (Wildman–Crippen MR) is 100 cm³/mol. The molecule has 1 amide bonds. The summed E-state index contributed by atoms with van der Waals surface area (Å²) >= 11 is 0. The van der Waals surface area contributed by atoms with E-state index in [0.29, 0.717) is 23.4 Å². The number of rotatable bonds is 6. The molecule has 0 aliphatic carbocycles. The Hall–Kier alpha value is -3.12. The molecule has 0 spiro atoms. The average molecular weight is 368 g/mol. The van der Waals surface area contributed by atoms with Gasteiger partial charge in [0.1, 0.15) is 24.4 Å². The number of amides is 1. The zero-order chi connectivity index (χ0) is 19.2. The van der Waals surface area contributed by atoms with Gasteiger partial charge in [-0.05, 0) is 35.9 Å². The minimum absolute atomic E-state index is 0.153. The van der Waals surface area contributed by atoms with Gasteiger partial charge in [0.05, 0.1) is 0 Å². The second-order valence-electron chi connectivity index (χ2n) is 6.22. The van der Waals surface area contributed by atoms with Gasteiger partial charge in [-0.15, -0.1) is 0 Å². The Labute approximate surface area is 157 Å². The SMILES string of the molecule is CN1C=CC(C(=O)NCc2ccc(OCc3ccccc3F)cc2)=CC1O. The molecule has 1 aliphatic rings. The van der Waals surface area contributed by atoms with Crippen molar-refractivity contribution in [3.8, 4) is 5.75 Å². The largest absolute Gasteiger partial charge is 0.489 e. The van der Waals surface area contributed by atoms with Crippen molar-refractivity contribution in [2.75, 3.05) is 7.05 Å². The third-order valence-electron chi connectivity index (χ3n) is 4.23. The Bertz CT molecular complexity index is 862. The summed E-state index contributed by atoms with van der Waals surface area (Å²) in [5.41, 5.74) is 1.82. The van der Waals surface area contributed by atoms with Crippen LogP contribution in [0.25, 0.3) is 0 Å². The van der Waals surface area contributed by atoms with Gasteiger partial charge in [-0.2, -0.15) is 0 Å². The molecular weight excluding hydrogens is 347 g/mol. The average Bonchev–Trinajstić information content (AvgIpc) is 2.68. The van der Waals surface area contributed by atoms with Crippen molar-refractivity contribution < 1.29 is 19.0 Å². The van der Waals surface area contributed by atoms with Crippen LogP contribution in [0.2, 0.25) is 0 Å². The fourth-order valence-corrected chi connectivity index (χ4v) is 2.54. The fourth-order valence-electron chi connectivity index (χ4n) is 2.54. The lowest BCUT2D eigenvalue weighted by molar-refractivity contribution is -0.117. The number of hydrogen-bond acceptors (Lipinski definition) is 4. The lowest BCUT2D eigenvalue weighted by Crippen LogP contribution is -2.31. The first-order valence-electron chi connectivity index (χ1n) is 8.56. The van der Waals surface area contributed by atoms with E-state index in [9.17, 15) is 14.3 Å². The number of hydrogen-bond donors (Lipinski definition) is 2. The molecule has 5 nitrogen and oxygen atoms in total. The Balaban J connectivity index is 1.51. The van der Waals surface area contributed by atoms with Gasteiger partial charge in [0.25, 0.3) is 5.91 Å². The van der Waals surface area contributed by atoms with Gasteiger partial charge in [0.15, 0.2) is 0 Å². The summed E-state index contributed by atoms with van der Waals surface area (Å²) in [6.45, 7) is 0.504. The normalized spacial score (nSPS) is 16.0. The number of benzene rings is 2. The summed E-state index contributed by atoms with van der Waals surface area (Å²) in [7, 11) is 1.72. The Kier molecular flexibility index (Phi) is 5.88. The van der Waals surface area contributed by atoms with Crippen LogP contribution in [0.4, 0.5) is 4.39 Å². The maximum atomic E-state index is 13.6. The highest BCUT2D eigenvalue weighted by Gasteiger charge is 2.15. The summed E-state index contributed by atoms with van der Waals surface area (Å²) in [4.78, 5) is 13.8. The van der Waals surface area contributed by atoms with Crippen molar-refractivity contribution in [2.24, 2.45) is 0 Å². The third-order valence-corrected chi connectivity index (χ3v) is 4.23. The first kappa shape index (κ1) is 18.7. The minimum Gasteiger partial charge on any atom is -0.489 e. The van der Waals surface area contributed by atoms with Crippen LogP contribution in [0.5, 0.6) is 5.75 Å². The van der Waals surface area contributed by atoms with Gasteiger partial charge in [-0.1, -0.05) is 30.3 Å². The van der Waals surface area contributed by atoms with E-state index in [1.807, 2.05) is 12.1 Å². The molecule has 0 radical (unpaired) electrons. The number of nitrogens with one attached hydrogen (secondary N) is 1. The zero-order valence-electron chi connectivity index (χ0n) is 14.9. The molecule has 0 fully saturated rings. The van der Waals surface area contributed by atoms with E-state index in [-0.39, 0.29) is 18.3 Å². The third kappa shape index (κ3) is 4.95. The van der Waals surface area contributed by atoms with E-state index in [2.05, 4.69) is 5.32 Å². The smallest absolute Gasteiger partial charge is 0.251 e. The van der Waals surface area contributed by atoms with Crippen molar-refractivity contribution >= 4 is 5.91 Å². The summed E-state index contributed by atoms with van der Waals surface area (Å²) in [5.74, 6) is 0.0786. The molecule has 1 aliphatic heterocycles. The van der Waals surface area contributed by atoms with Gasteiger partial charge in [0, 0.05) is 30.9 Å². The van der Waals surface area contributed by atoms with Crippen molar-refractivity contribution in [1.29, 1.82) is 0 Å². The van der Waals surface area contributed by atoms with E-state index in [4.69, 9.17) is 4.74 Å². The molecule has 2 aromatic carbocycles. The van der Waals surface area contributed by atoms with Crippen LogP contribution in [0, 0.1) is 5.82 Å². The summed E-state index contributed by atoms with van der Waals surface area (Å²) < 4.78 is 19.2. The number of likely N-dealkylation sites (N-methyl/N-ethyl adjacent to an activating group) is 1. The summed E-state index contributed by atoms with van der Waals surface area (Å²) in [6.07, 6.45) is 4.00. The fraction of sp³-hybridized carbons (Fsp3) is 0.190. The highest BCUT2D eigenvalue weighted by Crippen LogP contribution is 2.16. The Morgan fingerprint density at radius 3 is 2.67 bits per heavy atom. The highest BCUT2D eigenvalue weighted by atomic mass is 19.1. The number of carbonyl (C=O) groups excluding carboxylic acids is 1. The predicted octanol–water partition coefficient (Wildman–Crippen LogP) is 2.72. The molecule has 27 heavy (non-hydrogen) atoms. The van der Waals surface area contributed by atoms with Gasteiger partial charge in [0.2, 0.25) is 0 Å². The lowest BCUT2D eigenvalue weighted by atomic mass is 10.1. The van der Waals surface area contributed by atoms with Crippen LogP contribution in [-0.4, -0.2) is 29.2 Å². The number of halogens is 1. The molecule has 0 bridgehead atoms. The number of carbonyl (C=O) groups is 1. The van der Waals surface area contributed by atoms with Gasteiger partial charge in [-0.25, -0.2) is 4.39 Å². The molecule has 1 heterocycles. The second kappa shape index (κ2) is 8.51. The van der Waals surface area contributed by atoms with Crippen molar-refractivity contribution in [3.63, 3.8) is 0 Å². The standard InChI is InChI=1S/C21H21FN2O3/c1-24-11-10-16(12-20(24)25)21(26)23-13-15-6-8-18(9-7-15)27-14-17-4-2-3-5-19(17)22/h2-12,20,25H,13-14H2,1H3,(H,23,26). The number of aliphatic hydroxyl groups excluding tert-OH is 1. The van der Waals surface area contributed by atoms with Crippen molar-refractivity contribution in [3.05, 3.63) is 89.4 Å². The molecule has 0 saturated carbocycles. The van der Waals surface area contributed by atoms with E-state index in [0.717, 1.165) is 5.56 Å². The molecule has 2 aromatic rings. The summed E-state index contributed by atoms with van der Waals surface area (Å²) in [6, 6.07) is 13.7. The van der Waals surface area contributed by atoms with Crippen LogP contribution < -0.4 is 10.1 Å². The number of aliphatic hydroxyl groups is 1. The summed E-state index contributed by atoms with van der Waals surface area (Å²) in [5, 5.41) is 12.6. The zero-order valence-corrected chi connectivity index (χ0v) is 14.9. The molecule has 0 aromatic heterocycles. The number of ether oxygens (including phenoxy) is 1. The van der Waals surface area contributed by atoms with Gasteiger partial charge in [-0.3, -0.25) is 4.79 Å². The number of nitrogens with zero attached hydrogens (tertiary/aromatic N) is 1. The molecule has 140 valence electrons. The molecular formula is C21H21FN2O3.